The number of benzene rings is 3. The van der Waals surface area contributed by atoms with Crippen molar-refractivity contribution in [3.63, 3.8) is 0 Å². The van der Waals surface area contributed by atoms with Gasteiger partial charge in [0.15, 0.2) is 0 Å². The molecule has 5 nitrogen and oxygen atoms in total. The van der Waals surface area contributed by atoms with Crippen molar-refractivity contribution < 1.29 is 19.1 Å². The molecule has 0 radical (unpaired) electrons. The van der Waals surface area contributed by atoms with Gasteiger partial charge in [-0.2, -0.15) is 0 Å². The topological polar surface area (TPSA) is 55.8 Å². The molecule has 1 heterocycles. The van der Waals surface area contributed by atoms with Crippen LogP contribution in [0.1, 0.15) is 16.7 Å². The van der Waals surface area contributed by atoms with E-state index >= 15 is 0 Å². The molecular formula is C26H22ClNO4S. The normalized spacial score (nSPS) is 14.7. The molecule has 1 fully saturated rings. The van der Waals surface area contributed by atoms with Gasteiger partial charge in [0.05, 0.1) is 11.4 Å². The van der Waals surface area contributed by atoms with Crippen molar-refractivity contribution in [2.24, 2.45) is 0 Å². The third kappa shape index (κ3) is 6.18. The van der Waals surface area contributed by atoms with Crippen molar-refractivity contribution in [2.75, 3.05) is 13.2 Å². The van der Waals surface area contributed by atoms with Crippen LogP contribution in [0.2, 0.25) is 5.02 Å². The zero-order chi connectivity index (χ0) is 23.2. The summed E-state index contributed by atoms with van der Waals surface area (Å²) in [6, 6.07) is 22.5. The van der Waals surface area contributed by atoms with E-state index in [2.05, 4.69) is 0 Å². The molecule has 33 heavy (non-hydrogen) atoms. The van der Waals surface area contributed by atoms with Gasteiger partial charge in [0.25, 0.3) is 11.1 Å². The number of carbonyl (C=O) groups is 2. The van der Waals surface area contributed by atoms with Crippen LogP contribution in [0.25, 0.3) is 6.08 Å². The van der Waals surface area contributed by atoms with Crippen LogP contribution in [0.3, 0.4) is 0 Å². The van der Waals surface area contributed by atoms with Crippen LogP contribution in [0.5, 0.6) is 11.5 Å². The van der Waals surface area contributed by atoms with Crippen LogP contribution in [-0.2, 0) is 11.4 Å². The Morgan fingerprint density at radius 2 is 1.70 bits per heavy atom. The van der Waals surface area contributed by atoms with E-state index in [0.29, 0.717) is 22.3 Å². The predicted octanol–water partition coefficient (Wildman–Crippen LogP) is 6.34. The van der Waals surface area contributed by atoms with Crippen LogP contribution in [0.4, 0.5) is 4.79 Å². The standard InChI is InChI=1S/C26H22ClNO4S/c1-18-3-2-4-23(15-18)31-14-13-28-25(29)24(33-26(28)30)16-19-7-11-22(12-8-19)32-17-20-5-9-21(27)10-6-20/h2-12,15-16H,13-14,17H2,1H3/b24-16-. The van der Waals surface area contributed by atoms with Gasteiger partial charge < -0.3 is 9.47 Å². The molecule has 3 aromatic carbocycles. The number of hydrogen-bond donors (Lipinski definition) is 0. The zero-order valence-electron chi connectivity index (χ0n) is 18.0. The largest absolute Gasteiger partial charge is 0.492 e. The van der Waals surface area contributed by atoms with E-state index in [1.54, 1.807) is 6.08 Å². The first-order valence-electron chi connectivity index (χ1n) is 10.4. The lowest BCUT2D eigenvalue weighted by Gasteiger charge is -2.13. The van der Waals surface area contributed by atoms with Crippen LogP contribution in [-0.4, -0.2) is 29.2 Å². The molecule has 0 unspecified atom stereocenters. The van der Waals surface area contributed by atoms with E-state index in [-0.39, 0.29) is 24.3 Å². The lowest BCUT2D eigenvalue weighted by molar-refractivity contribution is -0.123. The van der Waals surface area contributed by atoms with Gasteiger partial charge in [-0.25, -0.2) is 0 Å². The summed E-state index contributed by atoms with van der Waals surface area (Å²) >= 11 is 6.84. The maximum absolute atomic E-state index is 12.7. The maximum Gasteiger partial charge on any atom is 0.293 e. The summed E-state index contributed by atoms with van der Waals surface area (Å²) in [6.45, 7) is 2.86. The Morgan fingerprint density at radius 3 is 2.42 bits per heavy atom. The van der Waals surface area contributed by atoms with Gasteiger partial charge in [-0.1, -0.05) is 48.0 Å². The first-order chi connectivity index (χ1) is 16.0. The molecule has 7 heteroatoms. The Balaban J connectivity index is 1.32. The van der Waals surface area contributed by atoms with Crippen molar-refractivity contribution in [1.82, 2.24) is 4.90 Å². The molecule has 0 spiro atoms. The molecular weight excluding hydrogens is 458 g/mol. The smallest absolute Gasteiger partial charge is 0.293 e. The number of rotatable bonds is 8. The molecule has 1 saturated heterocycles. The second-order valence-corrected chi connectivity index (χ2v) is 8.91. The maximum atomic E-state index is 12.7. The summed E-state index contributed by atoms with van der Waals surface area (Å²) in [4.78, 5) is 26.6. The Morgan fingerprint density at radius 1 is 0.939 bits per heavy atom. The number of amides is 2. The van der Waals surface area contributed by atoms with Gasteiger partial charge in [-0.3, -0.25) is 14.5 Å². The average molecular weight is 480 g/mol. The lowest BCUT2D eigenvalue weighted by atomic mass is 10.2. The average Bonchev–Trinajstić information content (AvgIpc) is 3.07. The summed E-state index contributed by atoms with van der Waals surface area (Å²) in [5, 5.41) is 0.397. The van der Waals surface area contributed by atoms with E-state index in [1.165, 1.54) is 4.90 Å². The van der Waals surface area contributed by atoms with E-state index in [0.717, 1.165) is 34.2 Å². The van der Waals surface area contributed by atoms with Crippen molar-refractivity contribution in [3.05, 3.63) is 99.4 Å². The summed E-state index contributed by atoms with van der Waals surface area (Å²) < 4.78 is 11.5. The van der Waals surface area contributed by atoms with E-state index in [9.17, 15) is 9.59 Å². The number of thioether (sulfide) groups is 1. The molecule has 0 N–H and O–H groups in total. The van der Waals surface area contributed by atoms with Gasteiger partial charge in [-0.05, 0) is 77.9 Å². The van der Waals surface area contributed by atoms with E-state index in [1.807, 2.05) is 79.7 Å². The van der Waals surface area contributed by atoms with Crippen LogP contribution in [0, 0.1) is 6.92 Å². The molecule has 0 bridgehead atoms. The quantitative estimate of drug-likeness (QED) is 0.353. The summed E-state index contributed by atoms with van der Waals surface area (Å²) in [5.41, 5.74) is 2.92. The number of halogens is 1. The monoisotopic (exact) mass is 479 g/mol. The van der Waals surface area contributed by atoms with Gasteiger partial charge in [-0.15, -0.1) is 0 Å². The van der Waals surface area contributed by atoms with Gasteiger partial charge in [0.2, 0.25) is 0 Å². The Hall–Kier alpha value is -3.22. The van der Waals surface area contributed by atoms with Crippen molar-refractivity contribution in [1.29, 1.82) is 0 Å². The summed E-state index contributed by atoms with van der Waals surface area (Å²) in [6.07, 6.45) is 1.72. The molecule has 168 valence electrons. The number of imide groups is 1. The van der Waals surface area contributed by atoms with Crippen LogP contribution >= 0.6 is 23.4 Å². The van der Waals surface area contributed by atoms with Crippen LogP contribution < -0.4 is 9.47 Å². The highest BCUT2D eigenvalue weighted by Crippen LogP contribution is 2.32. The second-order valence-electron chi connectivity index (χ2n) is 7.48. The summed E-state index contributed by atoms with van der Waals surface area (Å²) in [5.74, 6) is 1.13. The highest BCUT2D eigenvalue weighted by atomic mass is 35.5. The third-order valence-electron chi connectivity index (χ3n) is 4.94. The van der Waals surface area contributed by atoms with Crippen molar-refractivity contribution in [3.8, 4) is 11.5 Å². The highest BCUT2D eigenvalue weighted by molar-refractivity contribution is 8.18. The van der Waals surface area contributed by atoms with Crippen LogP contribution in [0.15, 0.2) is 77.7 Å². The molecule has 0 aromatic heterocycles. The predicted molar refractivity (Wildman–Crippen MR) is 132 cm³/mol. The fourth-order valence-electron chi connectivity index (χ4n) is 3.21. The van der Waals surface area contributed by atoms with Gasteiger partial charge in [0, 0.05) is 5.02 Å². The minimum absolute atomic E-state index is 0.202. The van der Waals surface area contributed by atoms with E-state index < -0.39 is 0 Å². The van der Waals surface area contributed by atoms with Gasteiger partial charge in [0.1, 0.15) is 24.7 Å². The fraction of sp³-hybridized carbons (Fsp3) is 0.154. The van der Waals surface area contributed by atoms with Crippen molar-refractivity contribution in [2.45, 2.75) is 13.5 Å². The first-order valence-corrected chi connectivity index (χ1v) is 11.6. The molecule has 3 aromatic rings. The Bertz CT molecular complexity index is 1180. The highest BCUT2D eigenvalue weighted by Gasteiger charge is 2.34. The van der Waals surface area contributed by atoms with Gasteiger partial charge >= 0.3 is 0 Å². The fourth-order valence-corrected chi connectivity index (χ4v) is 4.20. The lowest BCUT2D eigenvalue weighted by Crippen LogP contribution is -2.32. The number of nitrogens with zero attached hydrogens (tertiary/aromatic N) is 1. The molecule has 1 aliphatic heterocycles. The number of aryl methyl sites for hydroxylation is 1. The summed E-state index contributed by atoms with van der Waals surface area (Å²) in [7, 11) is 0. The number of ether oxygens (including phenoxy) is 2. The first kappa shape index (κ1) is 23.0. The number of hydrogen-bond acceptors (Lipinski definition) is 5. The molecule has 0 aliphatic carbocycles. The number of carbonyl (C=O) groups excluding carboxylic acids is 2. The SMILES string of the molecule is Cc1cccc(OCCN2C(=O)S/C(=C\c3ccc(OCc4ccc(Cl)cc4)cc3)C2=O)c1. The Labute approximate surface area is 202 Å². The molecule has 2 amide bonds. The Kier molecular flexibility index (Phi) is 7.37. The molecule has 1 aliphatic rings. The molecule has 4 rings (SSSR count). The minimum Gasteiger partial charge on any atom is -0.492 e. The van der Waals surface area contributed by atoms with Crippen molar-refractivity contribution >= 4 is 40.6 Å². The zero-order valence-corrected chi connectivity index (χ0v) is 19.6. The molecule has 0 atom stereocenters. The van der Waals surface area contributed by atoms with E-state index in [4.69, 9.17) is 21.1 Å². The second kappa shape index (κ2) is 10.6. The third-order valence-corrected chi connectivity index (χ3v) is 6.10. The molecule has 0 saturated carbocycles. The minimum atomic E-state index is -0.305.